The first-order chi connectivity index (χ1) is 10.0. The van der Waals surface area contributed by atoms with Crippen LogP contribution in [0.25, 0.3) is 0 Å². The molecule has 0 amide bonds. The SMILES string of the molecule is C=C[C@]1(O)C(OC)=C[C@@H]2C(=O)[C@H]1[C@H](c1ccccc1)[C@H]2C. The van der Waals surface area contributed by atoms with E-state index in [1.54, 1.807) is 6.08 Å². The van der Waals surface area contributed by atoms with Crippen LogP contribution in [0.15, 0.2) is 54.8 Å². The Morgan fingerprint density at radius 1 is 1.33 bits per heavy atom. The molecule has 0 aliphatic heterocycles. The predicted octanol–water partition coefficient (Wildman–Crippen LogP) is 2.68. The first-order valence-electron chi connectivity index (χ1n) is 7.25. The molecule has 0 saturated heterocycles. The van der Waals surface area contributed by atoms with Crippen LogP contribution in [0.1, 0.15) is 18.4 Å². The molecule has 1 saturated carbocycles. The molecule has 2 aliphatic carbocycles. The van der Waals surface area contributed by atoms with E-state index < -0.39 is 11.5 Å². The van der Waals surface area contributed by atoms with E-state index in [9.17, 15) is 9.90 Å². The zero-order chi connectivity index (χ0) is 15.2. The zero-order valence-electron chi connectivity index (χ0n) is 12.3. The molecule has 2 aliphatic rings. The van der Waals surface area contributed by atoms with Crippen LogP contribution in [-0.4, -0.2) is 23.6 Å². The summed E-state index contributed by atoms with van der Waals surface area (Å²) in [6, 6.07) is 9.92. The fourth-order valence-electron chi connectivity index (χ4n) is 3.98. The Morgan fingerprint density at radius 3 is 2.57 bits per heavy atom. The summed E-state index contributed by atoms with van der Waals surface area (Å²) in [7, 11) is 1.53. The third-order valence-electron chi connectivity index (χ3n) is 5.04. The maximum atomic E-state index is 12.7. The number of Topliss-reactive ketones (excluding diaryl/α,β-unsaturated/α-hetero) is 1. The highest BCUT2D eigenvalue weighted by atomic mass is 16.5. The highest BCUT2D eigenvalue weighted by Crippen LogP contribution is 2.55. The Labute approximate surface area is 124 Å². The molecule has 5 atom stereocenters. The Balaban J connectivity index is 2.15. The fraction of sp³-hybridized carbons (Fsp3) is 0.389. The minimum Gasteiger partial charge on any atom is -0.498 e. The third kappa shape index (κ3) is 1.80. The normalized spacial score (nSPS) is 38.0. The van der Waals surface area contributed by atoms with Crippen molar-refractivity contribution in [3.05, 3.63) is 60.4 Å². The first-order valence-corrected chi connectivity index (χ1v) is 7.25. The number of aliphatic hydroxyl groups is 1. The minimum absolute atomic E-state index is 0.0319. The lowest BCUT2D eigenvalue weighted by atomic mass is 9.73. The number of rotatable bonds is 3. The van der Waals surface area contributed by atoms with Gasteiger partial charge in [-0.2, -0.15) is 0 Å². The standard InChI is InChI=1S/C18H20O3/c1-4-18(20)14(21-3)10-13-11(2)15(16(18)17(13)19)12-8-6-5-7-9-12/h4-11,13,15-16,20H,1H2,2-3H3/t11-,13-,15-,16+,18-/m0/s1. The molecule has 1 aromatic rings. The van der Waals surface area contributed by atoms with E-state index in [1.807, 2.05) is 30.3 Å². The number of allylic oxidation sites excluding steroid dienone is 1. The molecule has 2 bridgehead atoms. The van der Waals surface area contributed by atoms with Crippen molar-refractivity contribution in [2.75, 3.05) is 7.11 Å². The maximum Gasteiger partial charge on any atom is 0.149 e. The second-order valence-electron chi connectivity index (χ2n) is 5.97. The Kier molecular flexibility index (Phi) is 3.25. The maximum absolute atomic E-state index is 12.7. The van der Waals surface area contributed by atoms with E-state index in [-0.39, 0.29) is 23.5 Å². The van der Waals surface area contributed by atoms with Crippen molar-refractivity contribution >= 4 is 5.78 Å². The van der Waals surface area contributed by atoms with E-state index in [1.165, 1.54) is 13.2 Å². The molecule has 1 aromatic carbocycles. The van der Waals surface area contributed by atoms with Crippen LogP contribution in [-0.2, 0) is 9.53 Å². The largest absolute Gasteiger partial charge is 0.498 e. The molecule has 1 N–H and O–H groups in total. The van der Waals surface area contributed by atoms with Crippen molar-refractivity contribution in [2.45, 2.75) is 18.4 Å². The lowest BCUT2D eigenvalue weighted by Gasteiger charge is -2.36. The third-order valence-corrected chi connectivity index (χ3v) is 5.04. The van der Waals surface area contributed by atoms with Crippen LogP contribution in [0.3, 0.4) is 0 Å². The second kappa shape index (κ2) is 4.85. The van der Waals surface area contributed by atoms with Crippen molar-refractivity contribution in [1.29, 1.82) is 0 Å². The van der Waals surface area contributed by atoms with Gasteiger partial charge in [0.1, 0.15) is 17.1 Å². The minimum atomic E-state index is -1.42. The van der Waals surface area contributed by atoms with Gasteiger partial charge in [0.05, 0.1) is 13.0 Å². The molecule has 3 rings (SSSR count). The molecule has 3 nitrogen and oxygen atoms in total. The predicted molar refractivity (Wildman–Crippen MR) is 80.6 cm³/mol. The fourth-order valence-corrected chi connectivity index (χ4v) is 3.98. The van der Waals surface area contributed by atoms with E-state index in [4.69, 9.17) is 4.74 Å². The molecular formula is C18H20O3. The lowest BCUT2D eigenvalue weighted by molar-refractivity contribution is -0.130. The number of carbonyl (C=O) groups excluding carboxylic acids is 1. The summed E-state index contributed by atoms with van der Waals surface area (Å²) in [4.78, 5) is 12.7. The summed E-state index contributed by atoms with van der Waals surface area (Å²) in [5.41, 5.74) is -0.343. The van der Waals surface area contributed by atoms with Gasteiger partial charge in [0.25, 0.3) is 0 Å². The van der Waals surface area contributed by atoms with E-state index in [0.29, 0.717) is 5.76 Å². The van der Waals surface area contributed by atoms with Crippen molar-refractivity contribution in [3.63, 3.8) is 0 Å². The molecule has 21 heavy (non-hydrogen) atoms. The Hall–Kier alpha value is -1.87. The highest BCUT2D eigenvalue weighted by Gasteiger charge is 2.60. The summed E-state index contributed by atoms with van der Waals surface area (Å²) in [6.07, 6.45) is 3.21. The molecule has 0 spiro atoms. The summed E-state index contributed by atoms with van der Waals surface area (Å²) < 4.78 is 5.35. The second-order valence-corrected chi connectivity index (χ2v) is 5.97. The molecule has 0 heterocycles. The topological polar surface area (TPSA) is 46.5 Å². The van der Waals surface area contributed by atoms with Gasteiger partial charge in [-0.1, -0.05) is 49.9 Å². The highest BCUT2D eigenvalue weighted by molar-refractivity contribution is 5.92. The van der Waals surface area contributed by atoms with Crippen molar-refractivity contribution in [2.24, 2.45) is 17.8 Å². The smallest absolute Gasteiger partial charge is 0.149 e. The molecule has 0 aromatic heterocycles. The molecule has 1 fully saturated rings. The van der Waals surface area contributed by atoms with Crippen LogP contribution in [0.4, 0.5) is 0 Å². The number of ketones is 1. The van der Waals surface area contributed by atoms with Gasteiger partial charge in [0.15, 0.2) is 0 Å². The van der Waals surface area contributed by atoms with Gasteiger partial charge in [-0.3, -0.25) is 4.79 Å². The summed E-state index contributed by atoms with van der Waals surface area (Å²) in [5, 5.41) is 11.0. The number of hydrogen-bond acceptors (Lipinski definition) is 3. The van der Waals surface area contributed by atoms with Crippen molar-refractivity contribution < 1.29 is 14.6 Å². The number of methoxy groups -OCH3 is 1. The number of hydrogen-bond donors (Lipinski definition) is 1. The van der Waals surface area contributed by atoms with E-state index >= 15 is 0 Å². The average molecular weight is 284 g/mol. The van der Waals surface area contributed by atoms with Crippen molar-refractivity contribution in [3.8, 4) is 0 Å². The lowest BCUT2D eigenvalue weighted by Crippen LogP contribution is -2.46. The Morgan fingerprint density at radius 2 is 2.00 bits per heavy atom. The van der Waals surface area contributed by atoms with Crippen molar-refractivity contribution in [1.82, 2.24) is 0 Å². The molecule has 110 valence electrons. The van der Waals surface area contributed by atoms with Gasteiger partial charge in [-0.15, -0.1) is 0 Å². The zero-order valence-corrected chi connectivity index (χ0v) is 12.3. The summed E-state index contributed by atoms with van der Waals surface area (Å²) >= 11 is 0. The van der Waals surface area contributed by atoms with Crippen LogP contribution < -0.4 is 0 Å². The number of carbonyl (C=O) groups is 1. The average Bonchev–Trinajstić information content (AvgIpc) is 2.70. The first kappa shape index (κ1) is 14.1. The van der Waals surface area contributed by atoms with Crippen LogP contribution in [0.2, 0.25) is 0 Å². The number of ether oxygens (including phenoxy) is 1. The van der Waals surface area contributed by atoms with Gasteiger partial charge in [0.2, 0.25) is 0 Å². The Bertz CT molecular complexity index is 604. The van der Waals surface area contributed by atoms with Gasteiger partial charge in [-0.25, -0.2) is 0 Å². The number of benzene rings is 1. The molecule has 0 unspecified atom stereocenters. The summed E-state index contributed by atoms with van der Waals surface area (Å²) in [5.74, 6) is -0.107. The van der Waals surface area contributed by atoms with Gasteiger partial charge in [0, 0.05) is 11.8 Å². The van der Waals surface area contributed by atoms with Gasteiger partial charge in [-0.05, 0) is 17.6 Å². The molecule has 3 heteroatoms. The molecular weight excluding hydrogens is 264 g/mol. The van der Waals surface area contributed by atoms with Gasteiger partial charge >= 0.3 is 0 Å². The monoisotopic (exact) mass is 284 g/mol. The van der Waals surface area contributed by atoms with Crippen LogP contribution >= 0.6 is 0 Å². The quantitative estimate of drug-likeness (QED) is 0.868. The summed E-state index contributed by atoms with van der Waals surface area (Å²) in [6.45, 7) is 5.80. The van der Waals surface area contributed by atoms with Gasteiger partial charge < -0.3 is 9.84 Å². The van der Waals surface area contributed by atoms with Crippen LogP contribution in [0, 0.1) is 17.8 Å². The van der Waals surface area contributed by atoms with E-state index in [0.717, 1.165) is 5.56 Å². The van der Waals surface area contributed by atoms with E-state index in [2.05, 4.69) is 13.5 Å². The number of fused-ring (bicyclic) bond motifs is 2. The van der Waals surface area contributed by atoms with Crippen LogP contribution in [0.5, 0.6) is 0 Å². The molecule has 0 radical (unpaired) electrons.